The van der Waals surface area contributed by atoms with Crippen LogP contribution in [0.3, 0.4) is 0 Å². The average Bonchev–Trinajstić information content (AvgIpc) is 3.02. The fourth-order valence-electron chi connectivity index (χ4n) is 2.77. The lowest BCUT2D eigenvalue weighted by Gasteiger charge is -2.18. The average molecular weight is 263 g/mol. The predicted octanol–water partition coefficient (Wildman–Crippen LogP) is 4.66. The Bertz CT molecular complexity index is 587. The lowest BCUT2D eigenvalue weighted by molar-refractivity contribution is 0.949. The van der Waals surface area contributed by atoms with Crippen molar-refractivity contribution in [1.82, 2.24) is 0 Å². The lowest BCUT2D eigenvalue weighted by Crippen LogP contribution is -2.17. The maximum atomic E-state index is 4.24. The van der Waals surface area contributed by atoms with Crippen LogP contribution in [0.5, 0.6) is 0 Å². The zero-order chi connectivity index (χ0) is 13.9. The van der Waals surface area contributed by atoms with Gasteiger partial charge in [0, 0.05) is 18.8 Å². The van der Waals surface area contributed by atoms with Gasteiger partial charge in [0.1, 0.15) is 0 Å². The molecule has 1 heterocycles. The van der Waals surface area contributed by atoms with Gasteiger partial charge in [-0.15, -0.1) is 0 Å². The summed E-state index contributed by atoms with van der Waals surface area (Å²) in [4.78, 5) is 2.46. The Hall–Kier alpha value is -2.02. The molecule has 102 valence electrons. The SMILES string of the molecule is C=C(c1ccc(C)cc1)c1ccc(N2CCCC2)cc1. The second-order valence-electron chi connectivity index (χ2n) is 5.59. The summed E-state index contributed by atoms with van der Waals surface area (Å²) in [6.07, 6.45) is 2.63. The standard InChI is InChI=1S/C19H21N/c1-15-5-7-17(8-6-15)16(2)18-9-11-19(12-10-18)20-13-3-4-14-20/h5-12H,2-4,13-14H2,1H3. The minimum Gasteiger partial charge on any atom is -0.372 e. The highest BCUT2D eigenvalue weighted by Gasteiger charge is 2.12. The van der Waals surface area contributed by atoms with Crippen molar-refractivity contribution in [3.63, 3.8) is 0 Å². The van der Waals surface area contributed by atoms with Crippen LogP contribution in [0.4, 0.5) is 5.69 Å². The first-order valence-corrected chi connectivity index (χ1v) is 7.35. The Morgan fingerprint density at radius 3 is 1.90 bits per heavy atom. The highest BCUT2D eigenvalue weighted by molar-refractivity contribution is 5.78. The normalized spacial score (nSPS) is 14.6. The molecule has 0 saturated carbocycles. The third kappa shape index (κ3) is 2.62. The number of aryl methyl sites for hydroxylation is 1. The summed E-state index contributed by atoms with van der Waals surface area (Å²) in [6, 6.07) is 17.4. The van der Waals surface area contributed by atoms with E-state index in [-0.39, 0.29) is 0 Å². The highest BCUT2D eigenvalue weighted by Crippen LogP contribution is 2.26. The largest absolute Gasteiger partial charge is 0.372 e. The van der Waals surface area contributed by atoms with Gasteiger partial charge in [-0.05, 0) is 48.6 Å². The molecule has 3 rings (SSSR count). The van der Waals surface area contributed by atoms with Crippen molar-refractivity contribution in [3.8, 4) is 0 Å². The second kappa shape index (κ2) is 5.54. The van der Waals surface area contributed by atoms with Crippen molar-refractivity contribution in [3.05, 3.63) is 71.8 Å². The van der Waals surface area contributed by atoms with Gasteiger partial charge in [-0.2, -0.15) is 0 Å². The Morgan fingerprint density at radius 2 is 1.35 bits per heavy atom. The molecule has 1 nitrogen and oxygen atoms in total. The van der Waals surface area contributed by atoms with E-state index in [0.29, 0.717) is 0 Å². The fourth-order valence-corrected chi connectivity index (χ4v) is 2.77. The van der Waals surface area contributed by atoms with Crippen molar-refractivity contribution in [1.29, 1.82) is 0 Å². The third-order valence-corrected chi connectivity index (χ3v) is 4.09. The molecular formula is C19H21N. The van der Waals surface area contributed by atoms with E-state index < -0.39 is 0 Å². The summed E-state index contributed by atoms with van der Waals surface area (Å²) in [5.41, 5.74) is 6.12. The first kappa shape index (κ1) is 13.0. The van der Waals surface area contributed by atoms with E-state index in [9.17, 15) is 0 Å². The van der Waals surface area contributed by atoms with Crippen LogP contribution >= 0.6 is 0 Å². The van der Waals surface area contributed by atoms with Gasteiger partial charge in [0.2, 0.25) is 0 Å². The minimum atomic E-state index is 1.10. The van der Waals surface area contributed by atoms with E-state index in [1.54, 1.807) is 0 Å². The van der Waals surface area contributed by atoms with Gasteiger partial charge in [0.25, 0.3) is 0 Å². The Morgan fingerprint density at radius 1 is 0.850 bits per heavy atom. The molecule has 0 N–H and O–H groups in total. The van der Waals surface area contributed by atoms with Crippen molar-refractivity contribution in [2.75, 3.05) is 18.0 Å². The topological polar surface area (TPSA) is 3.24 Å². The number of rotatable bonds is 3. The van der Waals surface area contributed by atoms with E-state index in [1.165, 1.54) is 48.3 Å². The number of anilines is 1. The zero-order valence-corrected chi connectivity index (χ0v) is 12.1. The summed E-state index contributed by atoms with van der Waals surface area (Å²) in [5.74, 6) is 0. The van der Waals surface area contributed by atoms with Gasteiger partial charge in [-0.3, -0.25) is 0 Å². The highest BCUT2D eigenvalue weighted by atomic mass is 15.1. The lowest BCUT2D eigenvalue weighted by atomic mass is 9.98. The molecule has 0 unspecified atom stereocenters. The molecule has 0 aromatic heterocycles. The van der Waals surface area contributed by atoms with Crippen molar-refractivity contribution >= 4 is 11.3 Å². The summed E-state index contributed by atoms with van der Waals surface area (Å²) < 4.78 is 0. The predicted molar refractivity (Wildman–Crippen MR) is 87.2 cm³/mol. The van der Waals surface area contributed by atoms with E-state index in [4.69, 9.17) is 0 Å². The van der Waals surface area contributed by atoms with Gasteiger partial charge < -0.3 is 4.90 Å². The molecule has 1 aliphatic rings. The molecule has 0 amide bonds. The van der Waals surface area contributed by atoms with Gasteiger partial charge >= 0.3 is 0 Å². The first-order valence-electron chi connectivity index (χ1n) is 7.35. The summed E-state index contributed by atoms with van der Waals surface area (Å²) in [7, 11) is 0. The second-order valence-corrected chi connectivity index (χ2v) is 5.59. The van der Waals surface area contributed by atoms with Crippen molar-refractivity contribution < 1.29 is 0 Å². The molecule has 1 fully saturated rings. The summed E-state index contributed by atoms with van der Waals surface area (Å²) in [5, 5.41) is 0. The maximum absolute atomic E-state index is 4.24. The van der Waals surface area contributed by atoms with Crippen LogP contribution in [0, 0.1) is 6.92 Å². The fraction of sp³-hybridized carbons (Fsp3) is 0.263. The molecule has 2 aromatic rings. The molecule has 20 heavy (non-hydrogen) atoms. The Balaban J connectivity index is 1.80. The Kier molecular flexibility index (Phi) is 3.60. The van der Waals surface area contributed by atoms with E-state index in [1.807, 2.05) is 0 Å². The number of nitrogens with zero attached hydrogens (tertiary/aromatic N) is 1. The van der Waals surface area contributed by atoms with Gasteiger partial charge in [-0.25, -0.2) is 0 Å². The molecule has 0 atom stereocenters. The van der Waals surface area contributed by atoms with Gasteiger partial charge in [0.05, 0.1) is 0 Å². The van der Waals surface area contributed by atoms with E-state index in [2.05, 4.69) is 66.9 Å². The molecular weight excluding hydrogens is 242 g/mol. The van der Waals surface area contributed by atoms with Gasteiger partial charge in [-0.1, -0.05) is 48.5 Å². The zero-order valence-electron chi connectivity index (χ0n) is 12.1. The summed E-state index contributed by atoms with van der Waals surface area (Å²) in [6.45, 7) is 8.73. The molecule has 0 bridgehead atoms. The van der Waals surface area contributed by atoms with Crippen molar-refractivity contribution in [2.45, 2.75) is 19.8 Å². The van der Waals surface area contributed by atoms with Crippen LogP contribution < -0.4 is 4.90 Å². The van der Waals surface area contributed by atoms with Crippen LogP contribution in [0.2, 0.25) is 0 Å². The van der Waals surface area contributed by atoms with E-state index in [0.717, 1.165) is 5.57 Å². The number of hydrogen-bond donors (Lipinski definition) is 0. The molecule has 2 aromatic carbocycles. The number of hydrogen-bond acceptors (Lipinski definition) is 1. The molecule has 1 aliphatic heterocycles. The monoisotopic (exact) mass is 263 g/mol. The molecule has 0 radical (unpaired) electrons. The third-order valence-electron chi connectivity index (χ3n) is 4.09. The molecule has 1 saturated heterocycles. The van der Waals surface area contributed by atoms with E-state index >= 15 is 0 Å². The van der Waals surface area contributed by atoms with Crippen LogP contribution in [0.1, 0.15) is 29.5 Å². The minimum absolute atomic E-state index is 1.10. The molecule has 0 spiro atoms. The smallest absolute Gasteiger partial charge is 0.0366 e. The molecule has 0 aliphatic carbocycles. The molecule has 1 heteroatoms. The number of benzene rings is 2. The van der Waals surface area contributed by atoms with Crippen LogP contribution in [0.25, 0.3) is 5.57 Å². The quantitative estimate of drug-likeness (QED) is 0.778. The van der Waals surface area contributed by atoms with Crippen LogP contribution in [-0.4, -0.2) is 13.1 Å². The maximum Gasteiger partial charge on any atom is 0.0366 e. The van der Waals surface area contributed by atoms with Crippen LogP contribution in [0.15, 0.2) is 55.1 Å². The first-order chi connectivity index (χ1) is 9.74. The van der Waals surface area contributed by atoms with Crippen molar-refractivity contribution in [2.24, 2.45) is 0 Å². The Labute approximate surface area is 121 Å². The van der Waals surface area contributed by atoms with Gasteiger partial charge in [0.15, 0.2) is 0 Å². The van der Waals surface area contributed by atoms with Crippen LogP contribution in [-0.2, 0) is 0 Å². The summed E-state index contributed by atoms with van der Waals surface area (Å²) >= 11 is 0.